The summed E-state index contributed by atoms with van der Waals surface area (Å²) in [6.07, 6.45) is 1.62. The smallest absolute Gasteiger partial charge is 0.252 e. The van der Waals surface area contributed by atoms with Crippen molar-refractivity contribution in [3.63, 3.8) is 0 Å². The van der Waals surface area contributed by atoms with Gasteiger partial charge >= 0.3 is 0 Å². The third-order valence-electron chi connectivity index (χ3n) is 3.08. The largest absolute Gasteiger partial charge is 0.491 e. The molecule has 1 aromatic carbocycles. The molecule has 0 radical (unpaired) electrons. The zero-order chi connectivity index (χ0) is 13.2. The summed E-state index contributed by atoms with van der Waals surface area (Å²) < 4.78 is 5.58. The van der Waals surface area contributed by atoms with Gasteiger partial charge in [-0.1, -0.05) is 18.2 Å². The number of nitrogens with one attached hydrogen (secondary N) is 1. The molecular formula is C14H13N3O2. The Morgan fingerprint density at radius 1 is 1.32 bits per heavy atom. The van der Waals surface area contributed by atoms with Gasteiger partial charge in [0.05, 0.1) is 11.6 Å². The van der Waals surface area contributed by atoms with E-state index in [-0.39, 0.29) is 6.04 Å². The third kappa shape index (κ3) is 2.10. The van der Waals surface area contributed by atoms with Crippen molar-refractivity contribution in [3.8, 4) is 5.75 Å². The second kappa shape index (κ2) is 4.61. The Morgan fingerprint density at radius 2 is 2.16 bits per heavy atom. The molecule has 0 bridgehead atoms. The number of nitrogens with two attached hydrogens (primary N) is 1. The summed E-state index contributed by atoms with van der Waals surface area (Å²) in [6.45, 7) is 0.508. The van der Waals surface area contributed by atoms with Gasteiger partial charge in [-0.15, -0.1) is 0 Å². The predicted molar refractivity (Wildman–Crippen MR) is 71.1 cm³/mol. The minimum absolute atomic E-state index is 0.0239. The number of hydrogen-bond donors (Lipinski definition) is 2. The molecule has 5 nitrogen and oxygen atoms in total. The van der Waals surface area contributed by atoms with E-state index in [0.717, 1.165) is 11.3 Å². The van der Waals surface area contributed by atoms with Crippen LogP contribution in [-0.4, -0.2) is 17.5 Å². The van der Waals surface area contributed by atoms with Gasteiger partial charge in [-0.2, -0.15) is 0 Å². The van der Waals surface area contributed by atoms with Gasteiger partial charge in [0.2, 0.25) is 0 Å². The number of pyridine rings is 1. The Kier molecular flexibility index (Phi) is 2.79. The minimum atomic E-state index is -0.497. The predicted octanol–water partition coefficient (Wildman–Crippen LogP) is 1.73. The van der Waals surface area contributed by atoms with Crippen LogP contribution in [0.5, 0.6) is 5.75 Å². The van der Waals surface area contributed by atoms with Crippen LogP contribution in [0.25, 0.3) is 0 Å². The quantitative estimate of drug-likeness (QED) is 0.875. The van der Waals surface area contributed by atoms with E-state index < -0.39 is 5.91 Å². The topological polar surface area (TPSA) is 77.2 Å². The second-order valence-corrected chi connectivity index (χ2v) is 4.31. The first-order chi connectivity index (χ1) is 9.25. The molecule has 2 heterocycles. The molecule has 19 heavy (non-hydrogen) atoms. The summed E-state index contributed by atoms with van der Waals surface area (Å²) in [5.74, 6) is 0.847. The Labute approximate surface area is 110 Å². The average molecular weight is 255 g/mol. The van der Waals surface area contributed by atoms with E-state index in [9.17, 15) is 4.79 Å². The summed E-state index contributed by atoms with van der Waals surface area (Å²) in [5, 5.41) is 3.21. The van der Waals surface area contributed by atoms with Crippen LogP contribution in [-0.2, 0) is 0 Å². The van der Waals surface area contributed by atoms with E-state index in [1.54, 1.807) is 18.3 Å². The molecule has 1 unspecified atom stereocenters. The highest BCUT2D eigenvalue weighted by Crippen LogP contribution is 2.34. The Bertz CT molecular complexity index is 628. The number of benzene rings is 1. The summed E-state index contributed by atoms with van der Waals surface area (Å²) >= 11 is 0. The Balaban J connectivity index is 1.90. The highest BCUT2D eigenvalue weighted by Gasteiger charge is 2.24. The van der Waals surface area contributed by atoms with Crippen LogP contribution in [0.2, 0.25) is 0 Å². The van der Waals surface area contributed by atoms with Crippen molar-refractivity contribution < 1.29 is 9.53 Å². The van der Waals surface area contributed by atoms with Crippen molar-refractivity contribution in [2.24, 2.45) is 5.73 Å². The number of nitrogens with zero attached hydrogens (tertiary/aromatic N) is 1. The third-order valence-corrected chi connectivity index (χ3v) is 3.08. The highest BCUT2D eigenvalue weighted by molar-refractivity contribution is 5.97. The fourth-order valence-corrected chi connectivity index (χ4v) is 2.17. The van der Waals surface area contributed by atoms with Gasteiger partial charge in [0.25, 0.3) is 5.91 Å². The normalized spacial score (nSPS) is 16.5. The van der Waals surface area contributed by atoms with Gasteiger partial charge in [0.1, 0.15) is 18.2 Å². The molecule has 0 saturated carbocycles. The first kappa shape index (κ1) is 11.5. The number of carbonyl (C=O) groups excluding carboxylic acids is 1. The molecular weight excluding hydrogens is 242 g/mol. The fourth-order valence-electron chi connectivity index (χ4n) is 2.17. The summed E-state index contributed by atoms with van der Waals surface area (Å²) in [4.78, 5) is 15.5. The molecule has 3 rings (SSSR count). The van der Waals surface area contributed by atoms with Crippen molar-refractivity contribution in [2.45, 2.75) is 6.04 Å². The van der Waals surface area contributed by atoms with E-state index in [0.29, 0.717) is 18.0 Å². The lowest BCUT2D eigenvalue weighted by molar-refractivity contribution is 0.100. The lowest BCUT2D eigenvalue weighted by Gasteiger charge is -2.14. The van der Waals surface area contributed by atoms with Crippen molar-refractivity contribution in [2.75, 3.05) is 11.9 Å². The van der Waals surface area contributed by atoms with Crippen LogP contribution in [0, 0.1) is 0 Å². The molecule has 0 fully saturated rings. The van der Waals surface area contributed by atoms with Crippen LogP contribution in [0.15, 0.2) is 42.6 Å². The maximum Gasteiger partial charge on any atom is 0.252 e. The van der Waals surface area contributed by atoms with Crippen LogP contribution in [0.1, 0.15) is 22.0 Å². The molecule has 1 atom stereocenters. The molecule has 0 saturated heterocycles. The lowest BCUT2D eigenvalue weighted by atomic mass is 10.1. The zero-order valence-corrected chi connectivity index (χ0v) is 10.2. The number of rotatable bonds is 3. The van der Waals surface area contributed by atoms with Crippen molar-refractivity contribution in [1.82, 2.24) is 4.98 Å². The van der Waals surface area contributed by atoms with E-state index >= 15 is 0 Å². The monoisotopic (exact) mass is 255 g/mol. The second-order valence-electron chi connectivity index (χ2n) is 4.31. The highest BCUT2D eigenvalue weighted by atomic mass is 16.5. The average Bonchev–Trinajstić information content (AvgIpc) is 2.83. The van der Waals surface area contributed by atoms with E-state index in [4.69, 9.17) is 10.5 Å². The van der Waals surface area contributed by atoms with Gasteiger partial charge in [-0.3, -0.25) is 4.79 Å². The molecule has 0 spiro atoms. The fraction of sp³-hybridized carbons (Fsp3) is 0.143. The van der Waals surface area contributed by atoms with Gasteiger partial charge in [-0.25, -0.2) is 4.98 Å². The molecule has 1 aliphatic rings. The van der Waals surface area contributed by atoms with E-state index in [1.165, 1.54) is 0 Å². The van der Waals surface area contributed by atoms with Crippen molar-refractivity contribution in [1.29, 1.82) is 0 Å². The van der Waals surface area contributed by atoms with Gasteiger partial charge in [0, 0.05) is 11.8 Å². The number of aromatic nitrogens is 1. The Morgan fingerprint density at radius 3 is 3.00 bits per heavy atom. The van der Waals surface area contributed by atoms with Crippen LogP contribution < -0.4 is 15.8 Å². The molecule has 1 amide bonds. The molecule has 1 aliphatic heterocycles. The molecule has 96 valence electrons. The van der Waals surface area contributed by atoms with E-state index in [2.05, 4.69) is 10.3 Å². The molecule has 5 heteroatoms. The number of anilines is 1. The summed E-state index contributed by atoms with van der Waals surface area (Å²) in [6, 6.07) is 11.1. The van der Waals surface area contributed by atoms with Gasteiger partial charge in [0.15, 0.2) is 0 Å². The van der Waals surface area contributed by atoms with Crippen molar-refractivity contribution >= 4 is 11.7 Å². The van der Waals surface area contributed by atoms with Crippen LogP contribution >= 0.6 is 0 Å². The summed E-state index contributed by atoms with van der Waals surface area (Å²) in [7, 11) is 0. The number of ether oxygens (including phenoxy) is 1. The Hall–Kier alpha value is -2.56. The van der Waals surface area contributed by atoms with Gasteiger partial charge in [-0.05, 0) is 18.2 Å². The maximum absolute atomic E-state index is 11.4. The molecule has 3 N–H and O–H groups in total. The molecule has 2 aromatic rings. The minimum Gasteiger partial charge on any atom is -0.491 e. The lowest BCUT2D eigenvalue weighted by Crippen LogP contribution is -2.19. The molecule has 0 aliphatic carbocycles. The van der Waals surface area contributed by atoms with E-state index in [1.807, 2.05) is 24.3 Å². The number of hydrogen-bond acceptors (Lipinski definition) is 4. The van der Waals surface area contributed by atoms with Crippen LogP contribution in [0.3, 0.4) is 0 Å². The number of fused-ring (bicyclic) bond motifs is 1. The standard InChI is InChI=1S/C14H13N3O2/c15-13(18)10-5-3-7-16-14(10)17-11-8-19-12-6-2-1-4-9(11)12/h1-7,11H,8H2,(H2,15,18)(H,16,17). The maximum atomic E-state index is 11.4. The van der Waals surface area contributed by atoms with Crippen LogP contribution in [0.4, 0.5) is 5.82 Å². The number of carbonyl (C=O) groups is 1. The number of primary amides is 1. The van der Waals surface area contributed by atoms with Crippen molar-refractivity contribution in [3.05, 3.63) is 53.7 Å². The number of amides is 1. The first-order valence-corrected chi connectivity index (χ1v) is 5.99. The zero-order valence-electron chi connectivity index (χ0n) is 10.2. The molecule has 1 aromatic heterocycles. The van der Waals surface area contributed by atoms with Gasteiger partial charge < -0.3 is 15.8 Å². The summed E-state index contributed by atoms with van der Waals surface area (Å²) in [5.41, 5.74) is 6.77. The first-order valence-electron chi connectivity index (χ1n) is 5.99. The SMILES string of the molecule is NC(=O)c1cccnc1NC1COc2ccccc21. The number of para-hydroxylation sites is 1.